The number of rotatable bonds is 7. The first kappa shape index (κ1) is 18.2. The van der Waals surface area contributed by atoms with E-state index in [0.717, 1.165) is 55.1 Å². The summed E-state index contributed by atoms with van der Waals surface area (Å²) >= 11 is 0. The van der Waals surface area contributed by atoms with E-state index in [0.29, 0.717) is 0 Å². The molecule has 3 aromatic rings. The van der Waals surface area contributed by atoms with Gasteiger partial charge in [0.15, 0.2) is 5.82 Å². The number of hydrogen-bond donors (Lipinski definition) is 2. The van der Waals surface area contributed by atoms with Crippen molar-refractivity contribution in [3.63, 3.8) is 0 Å². The number of hydrogen-bond acceptors (Lipinski definition) is 3. The predicted octanol–water partition coefficient (Wildman–Crippen LogP) is 5.28. The molecule has 0 bridgehead atoms. The fourth-order valence-electron chi connectivity index (χ4n) is 3.53. The maximum Gasteiger partial charge on any atom is 0.179 e. The molecule has 0 amide bonds. The molecule has 0 unspecified atom stereocenters. The number of aromatic nitrogens is 2. The van der Waals surface area contributed by atoms with Crippen LogP contribution < -0.4 is 5.32 Å². The van der Waals surface area contributed by atoms with E-state index in [2.05, 4.69) is 76.0 Å². The van der Waals surface area contributed by atoms with Gasteiger partial charge in [-0.3, -0.25) is 0 Å². The van der Waals surface area contributed by atoms with Crippen LogP contribution in [0.4, 0.5) is 5.82 Å². The Labute approximate surface area is 166 Å². The Kier molecular flexibility index (Phi) is 5.98. The fourth-order valence-corrected chi connectivity index (χ4v) is 3.53. The number of fused-ring (bicyclic) bond motifs is 1. The predicted molar refractivity (Wildman–Crippen MR) is 116 cm³/mol. The van der Waals surface area contributed by atoms with Crippen LogP contribution >= 0.6 is 0 Å². The average molecular weight is 371 g/mol. The molecule has 0 fully saturated rings. The summed E-state index contributed by atoms with van der Waals surface area (Å²) in [6, 6.07) is 21.1. The summed E-state index contributed by atoms with van der Waals surface area (Å²) in [7, 11) is 0. The van der Waals surface area contributed by atoms with Gasteiger partial charge in [-0.15, -0.1) is 0 Å². The number of imidazole rings is 1. The summed E-state index contributed by atoms with van der Waals surface area (Å²) in [5, 5.41) is 3.59. The van der Waals surface area contributed by atoms with Gasteiger partial charge in [0, 0.05) is 6.54 Å². The number of nitrogens with zero attached hydrogens (tertiary/aromatic N) is 2. The van der Waals surface area contributed by atoms with Crippen molar-refractivity contribution in [2.75, 3.05) is 6.54 Å². The molecule has 0 atom stereocenters. The summed E-state index contributed by atoms with van der Waals surface area (Å²) < 4.78 is 0. The van der Waals surface area contributed by atoms with E-state index >= 15 is 0 Å². The van der Waals surface area contributed by atoms with E-state index in [-0.39, 0.29) is 0 Å². The molecule has 0 spiro atoms. The highest BCUT2D eigenvalue weighted by atomic mass is 15.0. The Balaban J connectivity index is 1.38. The Morgan fingerprint density at radius 3 is 2.54 bits per heavy atom. The van der Waals surface area contributed by atoms with E-state index in [4.69, 9.17) is 4.99 Å². The second-order valence-electron chi connectivity index (χ2n) is 7.05. The van der Waals surface area contributed by atoms with Gasteiger partial charge in [-0.2, -0.15) is 0 Å². The van der Waals surface area contributed by atoms with Crippen molar-refractivity contribution in [2.24, 2.45) is 4.99 Å². The lowest BCUT2D eigenvalue weighted by atomic mass is 10.0. The topological polar surface area (TPSA) is 53.1 Å². The minimum Gasteiger partial charge on any atom is -0.384 e. The molecule has 2 N–H and O–H groups in total. The van der Waals surface area contributed by atoms with Gasteiger partial charge in [-0.1, -0.05) is 66.7 Å². The highest BCUT2D eigenvalue weighted by molar-refractivity contribution is 6.02. The smallest absolute Gasteiger partial charge is 0.179 e. The van der Waals surface area contributed by atoms with Crippen LogP contribution in [0.3, 0.4) is 0 Å². The van der Waals surface area contributed by atoms with Crippen LogP contribution in [0.2, 0.25) is 0 Å². The molecule has 1 aliphatic rings. The van der Waals surface area contributed by atoms with Crippen LogP contribution in [0.1, 0.15) is 42.5 Å². The number of H-pyrrole nitrogens is 1. The molecule has 0 radical (unpaired) electrons. The van der Waals surface area contributed by atoms with Crippen molar-refractivity contribution in [3.8, 4) is 0 Å². The van der Waals surface area contributed by atoms with E-state index in [1.54, 1.807) is 6.33 Å². The Hall–Kier alpha value is -3.14. The molecule has 1 aromatic heterocycles. The fraction of sp³-hybridized carbons (Fsp3) is 0.250. The molecule has 2 aromatic carbocycles. The normalized spacial score (nSPS) is 13.7. The van der Waals surface area contributed by atoms with Crippen LogP contribution in [0, 0.1) is 0 Å². The van der Waals surface area contributed by atoms with E-state index < -0.39 is 0 Å². The van der Waals surface area contributed by atoms with Crippen molar-refractivity contribution in [3.05, 3.63) is 89.9 Å². The van der Waals surface area contributed by atoms with Gasteiger partial charge in [0.2, 0.25) is 0 Å². The van der Waals surface area contributed by atoms with Gasteiger partial charge in [-0.25, -0.2) is 9.98 Å². The molecule has 2 heterocycles. The number of allylic oxidation sites excluding steroid dienone is 1. The zero-order valence-corrected chi connectivity index (χ0v) is 16.1. The number of nitrogens with one attached hydrogen (secondary N) is 2. The third-order valence-electron chi connectivity index (χ3n) is 5.02. The zero-order valence-electron chi connectivity index (χ0n) is 16.1. The monoisotopic (exact) mass is 370 g/mol. The number of unbranched alkanes of at least 4 members (excludes halogenated alkanes) is 1. The maximum atomic E-state index is 4.86. The second-order valence-corrected chi connectivity index (χ2v) is 7.05. The maximum absolute atomic E-state index is 4.86. The standard InChI is InChI=1S/C24H26N4/c1-3-10-19(11-4-1)12-7-8-17-25-22-16-9-15-21(20-13-5-2-6-14-20)28-24-23(22)26-18-27-24/h1-6,10-11,13-14,16,18,25H,7-9,12,15,17H2,(H,26,27). The summed E-state index contributed by atoms with van der Waals surface area (Å²) in [6.07, 6.45) is 9.30. The van der Waals surface area contributed by atoms with Gasteiger partial charge in [0.25, 0.3) is 0 Å². The molecule has 28 heavy (non-hydrogen) atoms. The molecule has 1 aliphatic heterocycles. The third-order valence-corrected chi connectivity index (χ3v) is 5.02. The van der Waals surface area contributed by atoms with Gasteiger partial charge < -0.3 is 10.3 Å². The molecule has 0 saturated carbocycles. The molecule has 0 aliphatic carbocycles. The highest BCUT2D eigenvalue weighted by Gasteiger charge is 2.15. The molecular formula is C24H26N4. The first-order valence-corrected chi connectivity index (χ1v) is 10.0. The first-order valence-electron chi connectivity index (χ1n) is 10.0. The van der Waals surface area contributed by atoms with Crippen molar-refractivity contribution < 1.29 is 0 Å². The van der Waals surface area contributed by atoms with Crippen molar-refractivity contribution in [1.29, 1.82) is 0 Å². The lowest BCUT2D eigenvalue weighted by molar-refractivity contribution is 0.700. The zero-order chi connectivity index (χ0) is 19.0. The molecule has 142 valence electrons. The van der Waals surface area contributed by atoms with Crippen molar-refractivity contribution in [1.82, 2.24) is 15.3 Å². The van der Waals surface area contributed by atoms with Crippen molar-refractivity contribution >= 4 is 17.2 Å². The minimum atomic E-state index is 0.765. The Morgan fingerprint density at radius 1 is 0.929 bits per heavy atom. The number of aryl methyl sites for hydroxylation is 1. The highest BCUT2D eigenvalue weighted by Crippen LogP contribution is 2.26. The molecule has 4 rings (SSSR count). The van der Waals surface area contributed by atoms with Crippen LogP contribution in [0.15, 0.2) is 78.1 Å². The Bertz CT molecular complexity index is 939. The Morgan fingerprint density at radius 2 is 1.71 bits per heavy atom. The SMILES string of the molecule is C1=C(NCCCCc2ccccc2)c2[nH]cnc2N=C(c2ccccc2)CC1. The summed E-state index contributed by atoms with van der Waals surface area (Å²) in [5.41, 5.74) is 5.76. The second kappa shape index (κ2) is 9.18. The largest absolute Gasteiger partial charge is 0.384 e. The van der Waals surface area contributed by atoms with Gasteiger partial charge in [0.05, 0.1) is 17.7 Å². The van der Waals surface area contributed by atoms with Crippen LogP contribution in [-0.4, -0.2) is 22.2 Å². The quantitative estimate of drug-likeness (QED) is 0.556. The van der Waals surface area contributed by atoms with Gasteiger partial charge in [-0.05, 0) is 43.2 Å². The lowest BCUT2D eigenvalue weighted by Crippen LogP contribution is -2.15. The van der Waals surface area contributed by atoms with Gasteiger partial charge >= 0.3 is 0 Å². The number of aromatic amines is 1. The van der Waals surface area contributed by atoms with Gasteiger partial charge in [0.1, 0.15) is 5.69 Å². The molecular weight excluding hydrogens is 344 g/mol. The number of benzene rings is 2. The summed E-state index contributed by atoms with van der Waals surface area (Å²) in [4.78, 5) is 12.6. The van der Waals surface area contributed by atoms with E-state index in [1.807, 2.05) is 6.07 Å². The molecule has 0 saturated heterocycles. The number of aliphatic imine (C=N–C) groups is 1. The summed E-state index contributed by atoms with van der Waals surface area (Å²) in [5.74, 6) is 0.765. The first-order chi connectivity index (χ1) is 13.9. The lowest BCUT2D eigenvalue weighted by Gasteiger charge is -2.14. The third kappa shape index (κ3) is 4.58. The van der Waals surface area contributed by atoms with E-state index in [9.17, 15) is 0 Å². The van der Waals surface area contributed by atoms with Crippen LogP contribution in [-0.2, 0) is 6.42 Å². The molecule has 4 nitrogen and oxygen atoms in total. The van der Waals surface area contributed by atoms with Crippen LogP contribution in [0.25, 0.3) is 5.70 Å². The van der Waals surface area contributed by atoms with Crippen molar-refractivity contribution in [2.45, 2.75) is 32.1 Å². The minimum absolute atomic E-state index is 0.765. The average Bonchev–Trinajstić information content (AvgIpc) is 3.18. The summed E-state index contributed by atoms with van der Waals surface area (Å²) in [6.45, 7) is 0.951. The van der Waals surface area contributed by atoms with Crippen LogP contribution in [0.5, 0.6) is 0 Å². The molecule has 4 heteroatoms. The van der Waals surface area contributed by atoms with E-state index in [1.165, 1.54) is 17.5 Å².